The van der Waals surface area contributed by atoms with Crippen LogP contribution < -0.4 is 5.73 Å². The monoisotopic (exact) mass is 327 g/mol. The Balaban J connectivity index is 2.03. The Bertz CT molecular complexity index is 500. The van der Waals surface area contributed by atoms with Gasteiger partial charge in [-0.1, -0.05) is 22.9 Å². The molecule has 4 nitrogen and oxygen atoms in total. The standard InChI is InChI=1S/C12H14BrN3OS/c1-8(6-14)18-7-11-15-16-12(17-11)9-2-4-10(13)5-3-9/h2-5,8H,6-7,14H2,1H3. The normalized spacial score (nSPS) is 12.6. The lowest BCUT2D eigenvalue weighted by molar-refractivity contribution is 0.528. The number of nitrogens with two attached hydrogens (primary N) is 1. The Morgan fingerprint density at radius 1 is 1.33 bits per heavy atom. The maximum absolute atomic E-state index is 5.61. The van der Waals surface area contributed by atoms with E-state index in [1.807, 2.05) is 24.3 Å². The molecule has 1 atom stereocenters. The highest BCUT2D eigenvalue weighted by atomic mass is 79.9. The van der Waals surface area contributed by atoms with Gasteiger partial charge in [0, 0.05) is 21.8 Å². The van der Waals surface area contributed by atoms with Crippen molar-refractivity contribution in [3.05, 3.63) is 34.6 Å². The zero-order valence-corrected chi connectivity index (χ0v) is 12.4. The van der Waals surface area contributed by atoms with Crippen LogP contribution in [0.4, 0.5) is 0 Å². The van der Waals surface area contributed by atoms with E-state index in [9.17, 15) is 0 Å². The third-order valence-electron chi connectivity index (χ3n) is 2.38. The topological polar surface area (TPSA) is 64.9 Å². The van der Waals surface area contributed by atoms with Gasteiger partial charge in [0.1, 0.15) is 0 Å². The molecule has 1 aromatic carbocycles. The van der Waals surface area contributed by atoms with E-state index >= 15 is 0 Å². The summed E-state index contributed by atoms with van der Waals surface area (Å²) in [5.41, 5.74) is 6.48. The molecule has 2 aromatic rings. The van der Waals surface area contributed by atoms with Crippen LogP contribution in [0.25, 0.3) is 11.5 Å². The molecular weight excluding hydrogens is 314 g/mol. The SMILES string of the molecule is CC(CN)SCc1nnc(-c2ccc(Br)cc2)o1. The van der Waals surface area contributed by atoms with Crippen LogP contribution in [0.15, 0.2) is 33.2 Å². The molecule has 18 heavy (non-hydrogen) atoms. The van der Waals surface area contributed by atoms with Crippen LogP contribution in [0.1, 0.15) is 12.8 Å². The summed E-state index contributed by atoms with van der Waals surface area (Å²) in [5, 5.41) is 8.47. The summed E-state index contributed by atoms with van der Waals surface area (Å²) in [4.78, 5) is 0. The molecule has 0 fully saturated rings. The van der Waals surface area contributed by atoms with Crippen LogP contribution in [-0.4, -0.2) is 22.0 Å². The van der Waals surface area contributed by atoms with Crippen LogP contribution in [0.2, 0.25) is 0 Å². The number of benzene rings is 1. The second-order valence-electron chi connectivity index (χ2n) is 3.87. The van der Waals surface area contributed by atoms with Crippen molar-refractivity contribution in [2.24, 2.45) is 5.73 Å². The maximum Gasteiger partial charge on any atom is 0.247 e. The van der Waals surface area contributed by atoms with Gasteiger partial charge in [-0.25, -0.2) is 0 Å². The van der Waals surface area contributed by atoms with Crippen LogP contribution in [0.5, 0.6) is 0 Å². The molecular formula is C12H14BrN3OS. The molecule has 0 radical (unpaired) electrons. The zero-order chi connectivity index (χ0) is 13.0. The first kappa shape index (κ1) is 13.6. The quantitative estimate of drug-likeness (QED) is 0.914. The Hall–Kier alpha value is -0.850. The summed E-state index contributed by atoms with van der Waals surface area (Å²) in [6.07, 6.45) is 0. The fourth-order valence-corrected chi connectivity index (χ4v) is 2.25. The highest BCUT2D eigenvalue weighted by molar-refractivity contribution is 9.10. The molecule has 0 saturated carbocycles. The van der Waals surface area contributed by atoms with Crippen LogP contribution in [-0.2, 0) is 5.75 Å². The largest absolute Gasteiger partial charge is 0.420 e. The van der Waals surface area contributed by atoms with E-state index in [1.165, 1.54) is 0 Å². The molecule has 1 unspecified atom stereocenters. The molecule has 0 aliphatic rings. The van der Waals surface area contributed by atoms with E-state index in [0.717, 1.165) is 10.0 Å². The highest BCUT2D eigenvalue weighted by Crippen LogP contribution is 2.22. The zero-order valence-electron chi connectivity index (χ0n) is 9.97. The molecule has 0 aliphatic carbocycles. The van der Waals surface area contributed by atoms with Gasteiger partial charge in [-0.15, -0.1) is 22.0 Å². The molecule has 2 N–H and O–H groups in total. The molecule has 0 spiro atoms. The fourth-order valence-electron chi connectivity index (χ4n) is 1.30. The van der Waals surface area contributed by atoms with Gasteiger partial charge >= 0.3 is 0 Å². The fraction of sp³-hybridized carbons (Fsp3) is 0.333. The Kier molecular flexibility index (Phi) is 4.79. The first-order chi connectivity index (χ1) is 8.69. The van der Waals surface area contributed by atoms with Crippen molar-refractivity contribution in [3.8, 4) is 11.5 Å². The van der Waals surface area contributed by atoms with Crippen LogP contribution in [0, 0.1) is 0 Å². The average molecular weight is 328 g/mol. The number of halogens is 1. The van der Waals surface area contributed by atoms with Gasteiger partial charge in [-0.05, 0) is 24.3 Å². The van der Waals surface area contributed by atoms with E-state index in [1.54, 1.807) is 11.8 Å². The smallest absolute Gasteiger partial charge is 0.247 e. The number of rotatable bonds is 5. The lowest BCUT2D eigenvalue weighted by atomic mass is 10.2. The van der Waals surface area contributed by atoms with Gasteiger partial charge in [0.2, 0.25) is 11.8 Å². The number of hydrogen-bond donors (Lipinski definition) is 1. The molecule has 1 heterocycles. The summed E-state index contributed by atoms with van der Waals surface area (Å²) in [6, 6.07) is 7.78. The summed E-state index contributed by atoms with van der Waals surface area (Å²) in [5.74, 6) is 1.89. The molecule has 1 aromatic heterocycles. The van der Waals surface area contributed by atoms with Gasteiger partial charge in [-0.3, -0.25) is 0 Å². The number of aromatic nitrogens is 2. The Morgan fingerprint density at radius 2 is 2.06 bits per heavy atom. The molecule has 6 heteroatoms. The van der Waals surface area contributed by atoms with Crippen molar-refractivity contribution >= 4 is 27.7 Å². The molecule has 0 aliphatic heterocycles. The van der Waals surface area contributed by atoms with Crippen LogP contribution in [0.3, 0.4) is 0 Å². The van der Waals surface area contributed by atoms with E-state index in [0.29, 0.717) is 29.3 Å². The lowest BCUT2D eigenvalue weighted by Gasteiger charge is -2.04. The Morgan fingerprint density at radius 3 is 2.72 bits per heavy atom. The molecule has 0 amide bonds. The van der Waals surface area contributed by atoms with Gasteiger partial charge in [0.05, 0.1) is 5.75 Å². The van der Waals surface area contributed by atoms with Crippen molar-refractivity contribution in [1.82, 2.24) is 10.2 Å². The molecule has 0 saturated heterocycles. The Labute approximate surface area is 118 Å². The minimum atomic E-state index is 0.396. The number of thioether (sulfide) groups is 1. The van der Waals surface area contributed by atoms with Crippen molar-refractivity contribution in [2.75, 3.05) is 6.54 Å². The third kappa shape index (κ3) is 3.57. The van der Waals surface area contributed by atoms with E-state index in [2.05, 4.69) is 33.1 Å². The summed E-state index contributed by atoms with van der Waals surface area (Å²) in [6.45, 7) is 2.73. The summed E-state index contributed by atoms with van der Waals surface area (Å²) < 4.78 is 6.63. The van der Waals surface area contributed by atoms with Crippen molar-refractivity contribution in [1.29, 1.82) is 0 Å². The van der Waals surface area contributed by atoms with Crippen LogP contribution >= 0.6 is 27.7 Å². The maximum atomic E-state index is 5.61. The first-order valence-corrected chi connectivity index (χ1v) is 7.43. The second kappa shape index (κ2) is 6.36. The molecule has 0 bridgehead atoms. The summed E-state index contributed by atoms with van der Waals surface area (Å²) in [7, 11) is 0. The molecule has 2 rings (SSSR count). The second-order valence-corrected chi connectivity index (χ2v) is 6.21. The van der Waals surface area contributed by atoms with Crippen molar-refractivity contribution in [3.63, 3.8) is 0 Å². The predicted molar refractivity (Wildman–Crippen MR) is 77.2 cm³/mol. The average Bonchev–Trinajstić information content (AvgIpc) is 2.85. The van der Waals surface area contributed by atoms with E-state index in [-0.39, 0.29) is 0 Å². The van der Waals surface area contributed by atoms with E-state index < -0.39 is 0 Å². The number of hydrogen-bond acceptors (Lipinski definition) is 5. The minimum absolute atomic E-state index is 0.396. The predicted octanol–water partition coefficient (Wildman–Crippen LogP) is 3.08. The lowest BCUT2D eigenvalue weighted by Crippen LogP contribution is -2.12. The minimum Gasteiger partial charge on any atom is -0.420 e. The molecule has 96 valence electrons. The van der Waals surface area contributed by atoms with Gasteiger partial charge in [0.25, 0.3) is 0 Å². The van der Waals surface area contributed by atoms with Gasteiger partial charge in [-0.2, -0.15) is 0 Å². The third-order valence-corrected chi connectivity index (χ3v) is 4.09. The first-order valence-electron chi connectivity index (χ1n) is 5.59. The number of nitrogens with zero attached hydrogens (tertiary/aromatic N) is 2. The van der Waals surface area contributed by atoms with Gasteiger partial charge < -0.3 is 10.2 Å². The highest BCUT2D eigenvalue weighted by Gasteiger charge is 2.09. The van der Waals surface area contributed by atoms with Crippen molar-refractivity contribution < 1.29 is 4.42 Å². The summed E-state index contributed by atoms with van der Waals surface area (Å²) >= 11 is 5.10. The van der Waals surface area contributed by atoms with E-state index in [4.69, 9.17) is 10.2 Å². The van der Waals surface area contributed by atoms with Crippen molar-refractivity contribution in [2.45, 2.75) is 17.9 Å². The van der Waals surface area contributed by atoms with Gasteiger partial charge in [0.15, 0.2) is 0 Å².